The highest BCUT2D eigenvalue weighted by atomic mass is 35.5. The second-order valence-corrected chi connectivity index (χ2v) is 13.3. The molecule has 0 bridgehead atoms. The number of halogens is 3. The molecule has 262 valence electrons. The average molecular weight is 713 g/mol. The number of aryl methyl sites for hydroxylation is 2. The third-order valence-corrected chi connectivity index (χ3v) is 9.70. The van der Waals surface area contributed by atoms with E-state index in [-0.39, 0.29) is 64.7 Å². The van der Waals surface area contributed by atoms with Gasteiger partial charge in [-0.1, -0.05) is 38.1 Å². The first-order valence-corrected chi connectivity index (χ1v) is 16.7. The molecule has 4 heterocycles. The maximum absolute atomic E-state index is 17.9. The van der Waals surface area contributed by atoms with Gasteiger partial charge in [0.05, 0.1) is 57.9 Å². The number of aromatic amines is 1. The van der Waals surface area contributed by atoms with Gasteiger partial charge < -0.3 is 15.1 Å². The van der Waals surface area contributed by atoms with Crippen LogP contribution < -0.4 is 15.8 Å². The lowest BCUT2D eigenvalue weighted by atomic mass is 9.93. The zero-order chi connectivity index (χ0) is 36.9. The summed E-state index contributed by atoms with van der Waals surface area (Å²) in [6.45, 7) is 10.4. The summed E-state index contributed by atoms with van der Waals surface area (Å²) in [5, 5.41) is 20.0. The zero-order valence-corrected chi connectivity index (χ0v) is 29.5. The van der Waals surface area contributed by atoms with E-state index in [9.17, 15) is 19.2 Å². The molecule has 0 radical (unpaired) electrons. The molecular weight excluding hydrogens is 678 g/mol. The van der Waals surface area contributed by atoms with E-state index in [0.717, 1.165) is 0 Å². The van der Waals surface area contributed by atoms with E-state index in [0.29, 0.717) is 39.0 Å². The summed E-state index contributed by atoms with van der Waals surface area (Å²) in [6, 6.07) is 8.07. The van der Waals surface area contributed by atoms with Gasteiger partial charge in [0.25, 0.3) is 17.4 Å². The number of carbonyl (C=O) groups is 2. The Labute approximate surface area is 297 Å². The number of hydrogen-bond acceptors (Lipinski definition) is 7. The average Bonchev–Trinajstić information content (AvgIpc) is 3.57. The van der Waals surface area contributed by atoms with Gasteiger partial charge in [-0.25, -0.2) is 8.78 Å². The molecule has 2 N–H and O–H groups in total. The fraction of sp³-hybridized carbons (Fsp3) is 0.297. The van der Waals surface area contributed by atoms with E-state index in [1.165, 1.54) is 22.6 Å². The summed E-state index contributed by atoms with van der Waals surface area (Å²) < 4.78 is 33.1. The lowest BCUT2D eigenvalue weighted by Crippen LogP contribution is -2.56. The van der Waals surface area contributed by atoms with Gasteiger partial charge in [0.1, 0.15) is 5.56 Å². The third-order valence-electron chi connectivity index (χ3n) is 9.41. The molecule has 6 rings (SSSR count). The van der Waals surface area contributed by atoms with Crippen molar-refractivity contribution in [3.05, 3.63) is 92.6 Å². The monoisotopic (exact) mass is 712 g/mol. The molecule has 0 saturated carbocycles. The summed E-state index contributed by atoms with van der Waals surface area (Å²) in [5.41, 5.74) is 2.11. The van der Waals surface area contributed by atoms with Crippen LogP contribution in [0.1, 0.15) is 53.4 Å². The van der Waals surface area contributed by atoms with Gasteiger partial charge in [-0.05, 0) is 49.1 Å². The molecule has 0 spiro atoms. The van der Waals surface area contributed by atoms with Crippen molar-refractivity contribution in [2.24, 2.45) is 0 Å². The van der Waals surface area contributed by atoms with Gasteiger partial charge in [-0.2, -0.15) is 10.4 Å². The Kier molecular flexibility index (Phi) is 9.39. The molecule has 5 aromatic rings. The topological polar surface area (TPSA) is 140 Å². The second kappa shape index (κ2) is 13.6. The minimum Gasteiger partial charge on any atom is -0.366 e. The fourth-order valence-corrected chi connectivity index (χ4v) is 7.35. The molecule has 1 aliphatic heterocycles. The summed E-state index contributed by atoms with van der Waals surface area (Å²) >= 11 is 7.05. The van der Waals surface area contributed by atoms with Crippen LogP contribution in [0.4, 0.5) is 14.5 Å². The first-order chi connectivity index (χ1) is 24.3. The minimum atomic E-state index is -1.18. The van der Waals surface area contributed by atoms with Crippen molar-refractivity contribution in [1.82, 2.24) is 30.0 Å². The van der Waals surface area contributed by atoms with Crippen LogP contribution in [0.5, 0.6) is 0 Å². The highest BCUT2D eigenvalue weighted by molar-refractivity contribution is 6.35. The van der Waals surface area contributed by atoms with Crippen LogP contribution >= 0.6 is 11.6 Å². The van der Waals surface area contributed by atoms with Crippen molar-refractivity contribution >= 4 is 50.9 Å². The summed E-state index contributed by atoms with van der Waals surface area (Å²) in [6.07, 6.45) is 3.01. The van der Waals surface area contributed by atoms with E-state index in [2.05, 4.69) is 27.1 Å². The number of pyridine rings is 2. The Bertz CT molecular complexity index is 2380. The lowest BCUT2D eigenvalue weighted by molar-refractivity contribution is -0.131. The number of H-pyrrole nitrogens is 1. The van der Waals surface area contributed by atoms with E-state index in [1.807, 2.05) is 39.0 Å². The normalized spacial score (nSPS) is 14.7. The molecule has 1 atom stereocenters. The van der Waals surface area contributed by atoms with Gasteiger partial charge in [-0.15, -0.1) is 0 Å². The van der Waals surface area contributed by atoms with Gasteiger partial charge >= 0.3 is 0 Å². The number of hydrogen-bond donors (Lipinski definition) is 2. The number of amides is 2. The van der Waals surface area contributed by atoms with Gasteiger partial charge in [0.2, 0.25) is 0 Å². The number of nitrogens with zero attached hydrogens (tertiary/aromatic N) is 6. The Morgan fingerprint density at radius 2 is 1.90 bits per heavy atom. The number of nitrogens with one attached hydrogen (secondary N) is 2. The molecule has 2 aromatic carbocycles. The van der Waals surface area contributed by atoms with Crippen LogP contribution in [0.2, 0.25) is 5.02 Å². The Balaban J connectivity index is 1.78. The van der Waals surface area contributed by atoms with Crippen LogP contribution in [-0.2, 0) is 4.79 Å². The highest BCUT2D eigenvalue weighted by Crippen LogP contribution is 2.44. The Morgan fingerprint density at radius 1 is 1.16 bits per heavy atom. The molecule has 1 fully saturated rings. The van der Waals surface area contributed by atoms with Crippen molar-refractivity contribution in [2.45, 2.75) is 46.1 Å². The predicted molar refractivity (Wildman–Crippen MR) is 193 cm³/mol. The van der Waals surface area contributed by atoms with Crippen LogP contribution in [0.15, 0.2) is 53.9 Å². The molecule has 0 unspecified atom stereocenters. The first-order valence-electron chi connectivity index (χ1n) is 16.3. The van der Waals surface area contributed by atoms with Crippen LogP contribution in [0.3, 0.4) is 0 Å². The van der Waals surface area contributed by atoms with Crippen molar-refractivity contribution < 1.29 is 18.4 Å². The molecule has 11 nitrogen and oxygen atoms in total. The van der Waals surface area contributed by atoms with Gasteiger partial charge in [0.15, 0.2) is 11.6 Å². The largest absolute Gasteiger partial charge is 0.366 e. The molecule has 2 amide bonds. The molecule has 0 aliphatic carbocycles. The third kappa shape index (κ3) is 5.79. The van der Waals surface area contributed by atoms with Crippen LogP contribution in [0, 0.1) is 31.0 Å². The van der Waals surface area contributed by atoms with Crippen LogP contribution in [-0.4, -0.2) is 69.2 Å². The molecular formula is C37H35ClF2N8O3. The van der Waals surface area contributed by atoms with Crippen LogP contribution in [0.25, 0.3) is 38.6 Å². The zero-order valence-electron chi connectivity index (χ0n) is 28.7. The fourth-order valence-electron chi connectivity index (χ4n) is 7.06. The number of piperazine rings is 1. The van der Waals surface area contributed by atoms with E-state index < -0.39 is 35.1 Å². The summed E-state index contributed by atoms with van der Waals surface area (Å²) in [7, 11) is 1.38. The standard InChI is InChI=1S/C37H35ClF2N8O3/c1-18(2)31-32(20(4)10-12-43-31)48-34-23(15-25(38)28(30(34)40)27-19(3)7-8-26-24(27)16-44-45-26)33(29(37(48)51)35(49)42-6)46-13-14-47(36(50)21(5)39)22(17-46)9-11-41/h7-8,10,12,15-16,18,22H,5,9,13-14,17H2,1-4,6H3,(H,42,49)(H,44,45)/t22-/m0/s1. The SMILES string of the molecule is C=C(F)C(=O)N1CCN(c2c(C(=O)NC)c(=O)n(-c3c(C)ccnc3C(C)C)c3c(F)c(-c4c(C)ccc5[nH]ncc45)c(Cl)cc23)C[C@@H]1CC#N. The number of anilines is 1. The quantitative estimate of drug-likeness (QED) is 0.191. The number of nitriles is 1. The van der Waals surface area contributed by atoms with E-state index >= 15 is 9.18 Å². The smallest absolute Gasteiger partial charge is 0.282 e. The second-order valence-electron chi connectivity index (χ2n) is 12.9. The van der Waals surface area contributed by atoms with Crippen molar-refractivity contribution in [3.8, 4) is 22.9 Å². The lowest BCUT2D eigenvalue weighted by Gasteiger charge is -2.42. The van der Waals surface area contributed by atoms with Gasteiger partial charge in [0, 0.05) is 54.8 Å². The molecule has 14 heteroatoms. The molecule has 3 aromatic heterocycles. The predicted octanol–water partition coefficient (Wildman–Crippen LogP) is 6.24. The Hall–Kier alpha value is -5.61. The number of benzene rings is 2. The highest BCUT2D eigenvalue weighted by Gasteiger charge is 2.37. The number of rotatable bonds is 7. The number of aromatic nitrogens is 4. The summed E-state index contributed by atoms with van der Waals surface area (Å²) in [4.78, 5) is 49.0. The molecule has 51 heavy (non-hydrogen) atoms. The molecule has 1 aliphatic rings. The molecule has 1 saturated heterocycles. The maximum Gasteiger partial charge on any atom is 0.282 e. The van der Waals surface area contributed by atoms with Crippen molar-refractivity contribution in [1.29, 1.82) is 5.26 Å². The number of fused-ring (bicyclic) bond motifs is 2. The number of carbonyl (C=O) groups excluding carboxylic acids is 2. The van der Waals surface area contributed by atoms with E-state index in [4.69, 9.17) is 11.6 Å². The Morgan fingerprint density at radius 3 is 2.57 bits per heavy atom. The first kappa shape index (κ1) is 35.2. The maximum atomic E-state index is 17.9. The van der Waals surface area contributed by atoms with Crippen molar-refractivity contribution in [3.63, 3.8) is 0 Å². The van der Waals surface area contributed by atoms with Crippen molar-refractivity contribution in [2.75, 3.05) is 31.6 Å². The minimum absolute atomic E-state index is 0.00853. The summed E-state index contributed by atoms with van der Waals surface area (Å²) in [5.74, 6) is -3.90. The van der Waals surface area contributed by atoms with Gasteiger partial charge in [-0.3, -0.25) is 29.0 Å². The van der Waals surface area contributed by atoms with E-state index in [1.54, 1.807) is 30.3 Å².